The Kier molecular flexibility index (Phi) is 2.40. The number of nitrogens with zero attached hydrogens (tertiary/aromatic N) is 1. The van der Waals surface area contributed by atoms with Crippen LogP contribution in [0.1, 0.15) is 12.8 Å². The van der Waals surface area contributed by atoms with E-state index < -0.39 is 0 Å². The van der Waals surface area contributed by atoms with Gasteiger partial charge in [-0.25, -0.2) is 4.98 Å². The predicted molar refractivity (Wildman–Crippen MR) is 67.2 cm³/mol. The molecular weight excluding hydrogens is 266 g/mol. The molecular formula is C13H10BrNO. The summed E-state index contributed by atoms with van der Waals surface area (Å²) in [7, 11) is 0. The zero-order valence-electron chi connectivity index (χ0n) is 8.61. The molecule has 16 heavy (non-hydrogen) atoms. The maximum Gasteiger partial charge on any atom is 0.227 e. The third kappa shape index (κ3) is 1.61. The minimum atomic E-state index is 0.695. The molecule has 2 aromatic rings. The van der Waals surface area contributed by atoms with Crippen molar-refractivity contribution in [3.63, 3.8) is 0 Å². The van der Waals surface area contributed by atoms with E-state index >= 15 is 0 Å². The van der Waals surface area contributed by atoms with Crippen LogP contribution >= 0.6 is 15.9 Å². The van der Waals surface area contributed by atoms with E-state index in [9.17, 15) is 0 Å². The summed E-state index contributed by atoms with van der Waals surface area (Å²) in [4.78, 5) is 4.52. The first kappa shape index (κ1) is 9.85. The van der Waals surface area contributed by atoms with Crippen molar-refractivity contribution < 1.29 is 4.42 Å². The molecule has 0 bridgehead atoms. The van der Waals surface area contributed by atoms with Crippen LogP contribution in [0.3, 0.4) is 0 Å². The third-order valence-corrected chi connectivity index (χ3v) is 3.40. The normalized spacial score (nSPS) is 14.4. The van der Waals surface area contributed by atoms with Crippen molar-refractivity contribution in [2.75, 3.05) is 0 Å². The quantitative estimate of drug-likeness (QED) is 0.799. The minimum absolute atomic E-state index is 0.695. The van der Waals surface area contributed by atoms with Crippen LogP contribution in [-0.4, -0.2) is 4.98 Å². The highest BCUT2D eigenvalue weighted by Crippen LogP contribution is 2.17. The van der Waals surface area contributed by atoms with Crippen LogP contribution in [0.15, 0.2) is 34.7 Å². The number of benzene rings is 1. The van der Waals surface area contributed by atoms with Crippen molar-refractivity contribution >= 4 is 26.5 Å². The van der Waals surface area contributed by atoms with Crippen molar-refractivity contribution in [3.05, 3.63) is 41.1 Å². The molecule has 0 N–H and O–H groups in total. The van der Waals surface area contributed by atoms with Crippen molar-refractivity contribution in [2.24, 2.45) is 0 Å². The maximum absolute atomic E-state index is 5.75. The van der Waals surface area contributed by atoms with E-state index in [1.807, 2.05) is 30.3 Å². The lowest BCUT2D eigenvalue weighted by Gasteiger charge is -1.96. The molecule has 0 unspecified atom stereocenters. The Morgan fingerprint density at radius 1 is 1.19 bits per heavy atom. The van der Waals surface area contributed by atoms with Crippen LogP contribution in [0.2, 0.25) is 0 Å². The average Bonchev–Trinajstić information content (AvgIpc) is 2.76. The van der Waals surface area contributed by atoms with Crippen LogP contribution in [0.4, 0.5) is 0 Å². The number of hydrogen-bond donors (Lipinski definition) is 0. The highest BCUT2D eigenvalue weighted by molar-refractivity contribution is 9.14. The number of oxazole rings is 1. The summed E-state index contributed by atoms with van der Waals surface area (Å²) in [5.74, 6) is 0.695. The van der Waals surface area contributed by atoms with Crippen molar-refractivity contribution in [2.45, 2.75) is 12.8 Å². The van der Waals surface area contributed by atoms with Crippen LogP contribution in [-0.2, 0) is 0 Å². The minimum Gasteiger partial charge on any atom is -0.436 e. The molecule has 3 rings (SSSR count). The highest BCUT2D eigenvalue weighted by Gasteiger charge is 2.10. The second kappa shape index (κ2) is 3.91. The maximum atomic E-state index is 5.75. The van der Waals surface area contributed by atoms with E-state index in [0.717, 1.165) is 33.7 Å². The Bertz CT molecular complexity index is 628. The molecule has 0 radical (unpaired) electrons. The van der Waals surface area contributed by atoms with Crippen molar-refractivity contribution in [1.29, 1.82) is 0 Å². The Labute approximate surface area is 101 Å². The molecule has 1 aliphatic carbocycles. The van der Waals surface area contributed by atoms with Crippen molar-refractivity contribution in [3.8, 4) is 11.5 Å². The summed E-state index contributed by atoms with van der Waals surface area (Å²) in [6, 6.07) is 9.97. The topological polar surface area (TPSA) is 26.0 Å². The fourth-order valence-electron chi connectivity index (χ4n) is 1.82. The molecule has 0 atom stereocenters. The summed E-state index contributed by atoms with van der Waals surface area (Å²) < 4.78 is 6.88. The van der Waals surface area contributed by atoms with Gasteiger partial charge in [-0.2, -0.15) is 0 Å². The monoisotopic (exact) mass is 275 g/mol. The summed E-state index contributed by atoms with van der Waals surface area (Å²) >= 11 is 3.55. The second-order valence-corrected chi connectivity index (χ2v) is 4.70. The summed E-state index contributed by atoms with van der Waals surface area (Å²) in [6.45, 7) is 0. The van der Waals surface area contributed by atoms with Crippen molar-refractivity contribution in [1.82, 2.24) is 4.98 Å². The Morgan fingerprint density at radius 3 is 2.75 bits per heavy atom. The zero-order chi connectivity index (χ0) is 11.0. The standard InChI is InChI=1S/C13H10BrNO/c14-10-7-4-8-11-12(10)15-13(16-11)9-5-2-1-3-6-9/h1-3,5-6,8H,4,7H2. The molecule has 1 heterocycles. The largest absolute Gasteiger partial charge is 0.436 e. The number of fused-ring (bicyclic) bond motifs is 1. The Morgan fingerprint density at radius 2 is 2.00 bits per heavy atom. The van der Waals surface area contributed by atoms with Gasteiger partial charge in [-0.05, 0) is 31.1 Å². The van der Waals surface area contributed by atoms with E-state index in [1.165, 1.54) is 0 Å². The van der Waals surface area contributed by atoms with Gasteiger partial charge in [0.15, 0.2) is 5.42 Å². The summed E-state index contributed by atoms with van der Waals surface area (Å²) in [5, 5.41) is 0.949. The second-order valence-electron chi connectivity index (χ2n) is 3.75. The lowest BCUT2D eigenvalue weighted by molar-refractivity contribution is 0.537. The van der Waals surface area contributed by atoms with Gasteiger partial charge < -0.3 is 4.42 Å². The van der Waals surface area contributed by atoms with E-state index in [2.05, 4.69) is 27.0 Å². The first-order chi connectivity index (χ1) is 7.84. The highest BCUT2D eigenvalue weighted by atomic mass is 79.9. The Hall–Kier alpha value is -1.35. The molecule has 1 aromatic carbocycles. The first-order valence-corrected chi connectivity index (χ1v) is 6.05. The van der Waals surface area contributed by atoms with Gasteiger partial charge in [-0.15, -0.1) is 0 Å². The fourth-order valence-corrected chi connectivity index (χ4v) is 2.33. The van der Waals surface area contributed by atoms with Gasteiger partial charge in [0.25, 0.3) is 0 Å². The molecule has 0 aliphatic heterocycles. The molecule has 0 saturated carbocycles. The number of hydrogen-bond acceptors (Lipinski definition) is 2. The first-order valence-electron chi connectivity index (χ1n) is 5.26. The SMILES string of the molecule is BrC1=c2nc(-c3ccccc3)oc2=CCC1. The summed E-state index contributed by atoms with van der Waals surface area (Å²) in [6.07, 6.45) is 4.12. The molecule has 0 amide bonds. The van der Waals surface area contributed by atoms with Gasteiger partial charge in [0.2, 0.25) is 5.89 Å². The van der Waals surface area contributed by atoms with Gasteiger partial charge in [0.05, 0.1) is 0 Å². The zero-order valence-corrected chi connectivity index (χ0v) is 10.2. The van der Waals surface area contributed by atoms with Crippen LogP contribution in [0.25, 0.3) is 22.0 Å². The molecule has 80 valence electrons. The fraction of sp³-hybridized carbons (Fsp3) is 0.154. The smallest absolute Gasteiger partial charge is 0.227 e. The van der Waals surface area contributed by atoms with E-state index in [0.29, 0.717) is 5.89 Å². The van der Waals surface area contributed by atoms with E-state index in [4.69, 9.17) is 4.42 Å². The molecule has 0 saturated heterocycles. The molecule has 1 aliphatic rings. The number of aromatic nitrogens is 1. The van der Waals surface area contributed by atoms with E-state index in [1.54, 1.807) is 0 Å². The van der Waals surface area contributed by atoms with Crippen LogP contribution in [0, 0.1) is 0 Å². The molecule has 1 aromatic heterocycles. The molecule has 2 nitrogen and oxygen atoms in total. The van der Waals surface area contributed by atoms with Gasteiger partial charge in [-0.3, -0.25) is 0 Å². The number of halogens is 1. The lowest BCUT2D eigenvalue weighted by Crippen LogP contribution is -2.26. The molecule has 0 fully saturated rings. The third-order valence-electron chi connectivity index (χ3n) is 2.62. The van der Waals surface area contributed by atoms with E-state index in [-0.39, 0.29) is 0 Å². The Balaban J connectivity index is 2.24. The predicted octanol–water partition coefficient (Wildman–Crippen LogP) is 2.42. The number of rotatable bonds is 1. The average molecular weight is 276 g/mol. The van der Waals surface area contributed by atoms with Crippen LogP contribution in [0.5, 0.6) is 0 Å². The van der Waals surface area contributed by atoms with Gasteiger partial charge >= 0.3 is 0 Å². The summed E-state index contributed by atoms with van der Waals surface area (Å²) in [5.41, 5.74) is 1.91. The lowest BCUT2D eigenvalue weighted by atomic mass is 10.2. The van der Waals surface area contributed by atoms with Crippen LogP contribution < -0.4 is 10.8 Å². The van der Waals surface area contributed by atoms with Gasteiger partial charge in [-0.1, -0.05) is 34.1 Å². The molecule has 3 heteroatoms. The van der Waals surface area contributed by atoms with Gasteiger partial charge in [0.1, 0.15) is 5.35 Å². The molecule has 0 spiro atoms. The van der Waals surface area contributed by atoms with Gasteiger partial charge in [0, 0.05) is 10.0 Å².